The molecule has 1 aromatic heterocycles. The molecule has 0 aliphatic carbocycles. The molecule has 3 nitrogen and oxygen atoms in total. The van der Waals surface area contributed by atoms with Crippen LogP contribution in [0.2, 0.25) is 0 Å². The first kappa shape index (κ1) is 9.21. The van der Waals surface area contributed by atoms with Gasteiger partial charge in [-0.05, 0) is 31.7 Å². The fraction of sp³-hybridized carbons (Fsp3) is 0.364. The molecule has 1 heterocycles. The van der Waals surface area contributed by atoms with Crippen LogP contribution in [-0.2, 0) is 6.42 Å². The van der Waals surface area contributed by atoms with E-state index in [1.165, 1.54) is 5.56 Å². The van der Waals surface area contributed by atoms with Crippen LogP contribution in [0.25, 0.3) is 10.9 Å². The molecule has 0 aliphatic heterocycles. The maximum atomic E-state index is 5.28. The maximum absolute atomic E-state index is 5.28. The minimum absolute atomic E-state index is 0.885. The largest absolute Gasteiger partial charge is 0.360 e. The second-order valence-corrected chi connectivity index (χ2v) is 3.48. The average molecular weight is 190 g/mol. The van der Waals surface area contributed by atoms with Crippen LogP contribution in [0.15, 0.2) is 22.7 Å². The number of nitrogens with one attached hydrogen (secondary N) is 1. The van der Waals surface area contributed by atoms with Crippen molar-refractivity contribution in [2.45, 2.75) is 13.3 Å². The molecule has 1 aromatic carbocycles. The fourth-order valence-electron chi connectivity index (χ4n) is 1.53. The van der Waals surface area contributed by atoms with Gasteiger partial charge < -0.3 is 9.84 Å². The minimum atomic E-state index is 0.885. The Bertz CT molecular complexity index is 434. The number of benzene rings is 1. The summed E-state index contributed by atoms with van der Waals surface area (Å²) in [6.07, 6.45) is 0.885. The highest BCUT2D eigenvalue weighted by molar-refractivity contribution is 5.81. The van der Waals surface area contributed by atoms with E-state index >= 15 is 0 Å². The van der Waals surface area contributed by atoms with Gasteiger partial charge in [0.15, 0.2) is 0 Å². The molecule has 0 bridgehead atoms. The lowest BCUT2D eigenvalue weighted by atomic mass is 10.1. The van der Waals surface area contributed by atoms with Crippen LogP contribution in [0.3, 0.4) is 0 Å². The number of aromatic nitrogens is 1. The van der Waals surface area contributed by atoms with Gasteiger partial charge in [0.2, 0.25) is 0 Å². The van der Waals surface area contributed by atoms with E-state index in [4.69, 9.17) is 4.52 Å². The standard InChI is InChI=1S/C11H14N2O/c1-8-3-4-9-10(7-8)13-14-11(9)5-6-12-2/h3-4,7,12H,5-6H2,1-2H3. The van der Waals surface area contributed by atoms with Crippen LogP contribution in [-0.4, -0.2) is 18.7 Å². The molecule has 0 unspecified atom stereocenters. The molecular formula is C11H14N2O. The number of fused-ring (bicyclic) bond motifs is 1. The van der Waals surface area contributed by atoms with E-state index in [0.717, 1.165) is 29.6 Å². The van der Waals surface area contributed by atoms with Crippen molar-refractivity contribution in [1.29, 1.82) is 0 Å². The molecule has 3 heteroatoms. The number of hydrogen-bond donors (Lipinski definition) is 1. The number of rotatable bonds is 3. The van der Waals surface area contributed by atoms with Gasteiger partial charge in [0.05, 0.1) is 0 Å². The van der Waals surface area contributed by atoms with Crippen molar-refractivity contribution < 1.29 is 4.52 Å². The van der Waals surface area contributed by atoms with Crippen molar-refractivity contribution >= 4 is 10.9 Å². The summed E-state index contributed by atoms with van der Waals surface area (Å²) >= 11 is 0. The quantitative estimate of drug-likeness (QED) is 0.803. The molecule has 0 radical (unpaired) electrons. The van der Waals surface area contributed by atoms with E-state index < -0.39 is 0 Å². The van der Waals surface area contributed by atoms with E-state index in [0.29, 0.717) is 0 Å². The Hall–Kier alpha value is -1.35. The summed E-state index contributed by atoms with van der Waals surface area (Å²) in [7, 11) is 1.93. The lowest BCUT2D eigenvalue weighted by Crippen LogP contribution is -2.09. The summed E-state index contributed by atoms with van der Waals surface area (Å²) in [4.78, 5) is 0. The first-order chi connectivity index (χ1) is 6.81. The van der Waals surface area contributed by atoms with Crippen LogP contribution in [0, 0.1) is 6.92 Å². The van der Waals surface area contributed by atoms with Gasteiger partial charge in [0.25, 0.3) is 0 Å². The Kier molecular flexibility index (Phi) is 2.50. The van der Waals surface area contributed by atoms with Crippen LogP contribution in [0.4, 0.5) is 0 Å². The average Bonchev–Trinajstić information content (AvgIpc) is 2.57. The predicted octanol–water partition coefficient (Wildman–Crippen LogP) is 1.90. The van der Waals surface area contributed by atoms with Crippen molar-refractivity contribution in [2.75, 3.05) is 13.6 Å². The first-order valence-corrected chi connectivity index (χ1v) is 4.81. The van der Waals surface area contributed by atoms with Crippen molar-refractivity contribution in [2.24, 2.45) is 0 Å². The van der Waals surface area contributed by atoms with Gasteiger partial charge in [-0.2, -0.15) is 0 Å². The fourth-order valence-corrected chi connectivity index (χ4v) is 1.53. The van der Waals surface area contributed by atoms with Gasteiger partial charge in [-0.3, -0.25) is 0 Å². The third kappa shape index (κ3) is 1.63. The monoisotopic (exact) mass is 190 g/mol. The Labute approximate surface area is 83.1 Å². The normalized spacial score (nSPS) is 11.0. The molecule has 0 aliphatic rings. The summed E-state index contributed by atoms with van der Waals surface area (Å²) < 4.78 is 5.28. The molecule has 0 fully saturated rings. The van der Waals surface area contributed by atoms with Crippen LogP contribution in [0.5, 0.6) is 0 Å². The second kappa shape index (κ2) is 3.80. The second-order valence-electron chi connectivity index (χ2n) is 3.48. The molecule has 2 rings (SSSR count). The zero-order chi connectivity index (χ0) is 9.97. The number of aryl methyl sites for hydroxylation is 1. The van der Waals surface area contributed by atoms with E-state index in [1.54, 1.807) is 0 Å². The summed E-state index contributed by atoms with van der Waals surface area (Å²) in [6, 6.07) is 6.20. The molecule has 0 amide bonds. The SMILES string of the molecule is CNCCc1onc2cc(C)ccc12. The highest BCUT2D eigenvalue weighted by Gasteiger charge is 2.06. The van der Waals surface area contributed by atoms with Gasteiger partial charge in [-0.25, -0.2) is 0 Å². The summed E-state index contributed by atoms with van der Waals surface area (Å²) in [5.74, 6) is 0.967. The molecule has 14 heavy (non-hydrogen) atoms. The molecule has 0 saturated carbocycles. The molecule has 1 N–H and O–H groups in total. The maximum Gasteiger partial charge on any atom is 0.145 e. The number of hydrogen-bond acceptors (Lipinski definition) is 3. The third-order valence-corrected chi connectivity index (χ3v) is 2.31. The van der Waals surface area contributed by atoms with Crippen LogP contribution < -0.4 is 5.32 Å². The van der Waals surface area contributed by atoms with Crippen molar-refractivity contribution in [3.63, 3.8) is 0 Å². The Balaban J connectivity index is 2.37. The lowest BCUT2D eigenvalue weighted by molar-refractivity contribution is 0.390. The molecule has 2 aromatic rings. The molecule has 0 atom stereocenters. The Morgan fingerprint density at radius 2 is 2.29 bits per heavy atom. The number of likely N-dealkylation sites (N-methyl/N-ethyl adjacent to an activating group) is 1. The van der Waals surface area contributed by atoms with Gasteiger partial charge in [0, 0.05) is 18.4 Å². The number of nitrogens with zero attached hydrogens (tertiary/aromatic N) is 1. The van der Waals surface area contributed by atoms with E-state index in [9.17, 15) is 0 Å². The topological polar surface area (TPSA) is 38.1 Å². The van der Waals surface area contributed by atoms with Gasteiger partial charge in [-0.15, -0.1) is 0 Å². The Morgan fingerprint density at radius 3 is 3.07 bits per heavy atom. The first-order valence-electron chi connectivity index (χ1n) is 4.81. The van der Waals surface area contributed by atoms with Crippen molar-refractivity contribution in [3.05, 3.63) is 29.5 Å². The zero-order valence-electron chi connectivity index (χ0n) is 8.50. The summed E-state index contributed by atoms with van der Waals surface area (Å²) in [5.41, 5.74) is 2.17. The summed E-state index contributed by atoms with van der Waals surface area (Å²) in [6.45, 7) is 2.97. The van der Waals surface area contributed by atoms with Gasteiger partial charge in [-0.1, -0.05) is 11.2 Å². The molecule has 0 saturated heterocycles. The zero-order valence-corrected chi connectivity index (χ0v) is 8.50. The Morgan fingerprint density at radius 1 is 1.43 bits per heavy atom. The van der Waals surface area contributed by atoms with E-state index in [2.05, 4.69) is 29.5 Å². The van der Waals surface area contributed by atoms with Gasteiger partial charge in [0.1, 0.15) is 11.3 Å². The predicted molar refractivity (Wildman–Crippen MR) is 56.4 cm³/mol. The van der Waals surface area contributed by atoms with E-state index in [1.807, 2.05) is 13.1 Å². The van der Waals surface area contributed by atoms with Gasteiger partial charge >= 0.3 is 0 Å². The minimum Gasteiger partial charge on any atom is -0.360 e. The van der Waals surface area contributed by atoms with Crippen LogP contribution >= 0.6 is 0 Å². The molecule has 0 spiro atoms. The smallest absolute Gasteiger partial charge is 0.145 e. The molecular weight excluding hydrogens is 176 g/mol. The third-order valence-electron chi connectivity index (χ3n) is 2.31. The summed E-state index contributed by atoms with van der Waals surface area (Å²) in [5, 5.41) is 8.25. The van der Waals surface area contributed by atoms with Crippen molar-refractivity contribution in [1.82, 2.24) is 10.5 Å². The highest BCUT2D eigenvalue weighted by Crippen LogP contribution is 2.19. The van der Waals surface area contributed by atoms with E-state index in [-0.39, 0.29) is 0 Å². The molecule has 74 valence electrons. The van der Waals surface area contributed by atoms with Crippen molar-refractivity contribution in [3.8, 4) is 0 Å². The lowest BCUT2D eigenvalue weighted by Gasteiger charge is -1.95. The highest BCUT2D eigenvalue weighted by atomic mass is 16.5. The van der Waals surface area contributed by atoms with Crippen LogP contribution in [0.1, 0.15) is 11.3 Å².